The van der Waals surface area contributed by atoms with E-state index in [0.717, 1.165) is 31.4 Å². The highest BCUT2D eigenvalue weighted by Crippen LogP contribution is 2.20. The van der Waals surface area contributed by atoms with E-state index in [-0.39, 0.29) is 6.09 Å². The zero-order valence-electron chi connectivity index (χ0n) is 17.8. The van der Waals surface area contributed by atoms with Gasteiger partial charge in [0.1, 0.15) is 18.7 Å². The fourth-order valence-corrected chi connectivity index (χ4v) is 3.73. The number of hydrogen-bond acceptors (Lipinski definition) is 5. The van der Waals surface area contributed by atoms with Crippen molar-refractivity contribution in [1.29, 1.82) is 0 Å². The van der Waals surface area contributed by atoms with Gasteiger partial charge in [-0.1, -0.05) is 18.2 Å². The number of carbonyl (C=O) groups excluding carboxylic acids is 1. The number of nitrogens with zero attached hydrogens (tertiary/aromatic N) is 4. The number of benzene rings is 1. The molecule has 31 heavy (non-hydrogen) atoms. The van der Waals surface area contributed by atoms with Crippen molar-refractivity contribution < 1.29 is 14.4 Å². The van der Waals surface area contributed by atoms with Crippen LogP contribution in [-0.2, 0) is 12.8 Å². The highest BCUT2D eigenvalue weighted by molar-refractivity contribution is 5.70. The normalized spacial score (nSPS) is 14.4. The lowest BCUT2D eigenvalue weighted by Gasteiger charge is -2.30. The molecule has 7 heteroatoms. The number of rotatable bonds is 7. The number of aryl methyl sites for hydroxylation is 3. The Hall–Kier alpha value is -3.35. The molecule has 162 valence electrons. The molecule has 0 radical (unpaired) electrons. The second-order valence-corrected chi connectivity index (χ2v) is 7.93. The molecule has 3 heterocycles. The number of carbonyl (C=O) groups is 1. The van der Waals surface area contributed by atoms with E-state index in [1.807, 2.05) is 36.5 Å². The number of likely N-dealkylation sites (tertiary alicyclic amines) is 1. The third-order valence-corrected chi connectivity index (χ3v) is 5.71. The fourth-order valence-electron chi connectivity index (χ4n) is 3.73. The average molecular weight is 421 g/mol. The molecule has 7 nitrogen and oxygen atoms in total. The second kappa shape index (κ2) is 10.1. The maximum atomic E-state index is 12.5. The van der Waals surface area contributed by atoms with Gasteiger partial charge in [-0.05, 0) is 67.9 Å². The molecule has 0 spiro atoms. The number of imidazole rings is 1. The highest BCUT2D eigenvalue weighted by Gasteiger charge is 2.24. The molecule has 0 aliphatic carbocycles. The van der Waals surface area contributed by atoms with E-state index in [9.17, 15) is 4.79 Å². The van der Waals surface area contributed by atoms with Gasteiger partial charge in [0.05, 0.1) is 6.20 Å². The summed E-state index contributed by atoms with van der Waals surface area (Å²) in [6.45, 7) is 4.07. The quantitative estimate of drug-likeness (QED) is 0.583. The van der Waals surface area contributed by atoms with Gasteiger partial charge in [0.25, 0.3) is 0 Å². The van der Waals surface area contributed by atoms with Gasteiger partial charge in [-0.3, -0.25) is 4.98 Å². The van der Waals surface area contributed by atoms with Gasteiger partial charge in [0.15, 0.2) is 0 Å². The van der Waals surface area contributed by atoms with E-state index in [0.29, 0.717) is 31.4 Å². The zero-order chi connectivity index (χ0) is 21.5. The lowest BCUT2D eigenvalue weighted by atomic mass is 9.98. The molecular weight excluding hydrogens is 392 g/mol. The summed E-state index contributed by atoms with van der Waals surface area (Å²) >= 11 is 0. The molecule has 1 aliphatic heterocycles. The van der Waals surface area contributed by atoms with Crippen LogP contribution in [-0.4, -0.2) is 45.4 Å². The van der Waals surface area contributed by atoms with E-state index in [1.165, 1.54) is 11.1 Å². The fraction of sp³-hybridized carbons (Fsp3) is 0.375. The van der Waals surface area contributed by atoms with E-state index in [1.54, 1.807) is 28.4 Å². The first-order valence-corrected chi connectivity index (χ1v) is 10.7. The molecule has 1 amide bonds. The van der Waals surface area contributed by atoms with Crippen LogP contribution in [0.4, 0.5) is 4.79 Å². The zero-order valence-corrected chi connectivity index (χ0v) is 17.8. The van der Waals surface area contributed by atoms with Crippen LogP contribution in [0.25, 0.3) is 0 Å². The smallest absolute Gasteiger partial charge is 0.413 e. The topological polar surface area (TPSA) is 69.5 Å². The third-order valence-electron chi connectivity index (χ3n) is 5.71. The Balaban J connectivity index is 1.20. The van der Waals surface area contributed by atoms with Crippen molar-refractivity contribution in [3.05, 3.63) is 78.1 Å². The monoisotopic (exact) mass is 420 g/mol. The van der Waals surface area contributed by atoms with Crippen LogP contribution in [0.5, 0.6) is 5.75 Å². The molecule has 1 saturated heterocycles. The van der Waals surface area contributed by atoms with Crippen LogP contribution in [0.1, 0.15) is 29.7 Å². The van der Waals surface area contributed by atoms with Gasteiger partial charge in [-0.15, -0.1) is 0 Å². The van der Waals surface area contributed by atoms with E-state index in [2.05, 4.69) is 23.0 Å². The second-order valence-electron chi connectivity index (χ2n) is 7.93. The third kappa shape index (κ3) is 5.84. The van der Waals surface area contributed by atoms with Gasteiger partial charge in [-0.25, -0.2) is 9.78 Å². The molecule has 1 fully saturated rings. The maximum absolute atomic E-state index is 12.5. The van der Waals surface area contributed by atoms with Crippen molar-refractivity contribution in [2.45, 2.75) is 32.6 Å². The molecule has 0 unspecified atom stereocenters. The SMILES string of the molecule is Cc1cccnc1CCc1ccc(OC(=O)N2CCC(COn3ccnc3)CC2)cc1. The van der Waals surface area contributed by atoms with Crippen LogP contribution in [0.3, 0.4) is 0 Å². The average Bonchev–Trinajstić information content (AvgIpc) is 3.32. The summed E-state index contributed by atoms with van der Waals surface area (Å²) in [5.41, 5.74) is 3.53. The summed E-state index contributed by atoms with van der Waals surface area (Å²) in [7, 11) is 0. The Bertz CT molecular complexity index is 965. The number of pyridine rings is 1. The minimum absolute atomic E-state index is 0.286. The summed E-state index contributed by atoms with van der Waals surface area (Å²) in [4.78, 5) is 28.3. The number of hydrogen-bond donors (Lipinski definition) is 0. The van der Waals surface area contributed by atoms with Crippen molar-refractivity contribution in [3.8, 4) is 5.75 Å². The van der Waals surface area contributed by atoms with Crippen molar-refractivity contribution in [2.75, 3.05) is 19.7 Å². The molecule has 3 aromatic rings. The molecule has 0 atom stereocenters. The first kappa shape index (κ1) is 20.9. The molecule has 0 saturated carbocycles. The predicted molar refractivity (Wildman–Crippen MR) is 117 cm³/mol. The highest BCUT2D eigenvalue weighted by atomic mass is 16.7. The number of piperidine rings is 1. The first-order valence-electron chi connectivity index (χ1n) is 10.7. The minimum Gasteiger partial charge on any atom is -0.413 e. The Morgan fingerprint density at radius 3 is 2.61 bits per heavy atom. The van der Waals surface area contributed by atoms with Crippen molar-refractivity contribution in [3.63, 3.8) is 0 Å². The van der Waals surface area contributed by atoms with Gasteiger partial charge < -0.3 is 14.5 Å². The predicted octanol–water partition coefficient (Wildman–Crippen LogP) is 3.71. The summed E-state index contributed by atoms with van der Waals surface area (Å²) in [6, 6.07) is 11.8. The van der Waals surface area contributed by atoms with E-state index in [4.69, 9.17) is 9.57 Å². The van der Waals surface area contributed by atoms with E-state index >= 15 is 0 Å². The lowest BCUT2D eigenvalue weighted by molar-refractivity contribution is 0.0541. The number of aromatic nitrogens is 3. The Morgan fingerprint density at radius 1 is 1.10 bits per heavy atom. The Labute approximate surface area is 182 Å². The maximum Gasteiger partial charge on any atom is 0.415 e. The molecule has 1 aromatic carbocycles. The molecular formula is C24H28N4O3. The number of ether oxygens (including phenoxy) is 1. The van der Waals surface area contributed by atoms with Crippen LogP contribution >= 0.6 is 0 Å². The van der Waals surface area contributed by atoms with Crippen LogP contribution in [0.2, 0.25) is 0 Å². The summed E-state index contributed by atoms with van der Waals surface area (Å²) in [5.74, 6) is 1.00. The van der Waals surface area contributed by atoms with Crippen LogP contribution < -0.4 is 9.57 Å². The van der Waals surface area contributed by atoms with Gasteiger partial charge in [0, 0.05) is 31.2 Å². The van der Waals surface area contributed by atoms with Crippen molar-refractivity contribution in [2.24, 2.45) is 5.92 Å². The molecule has 0 N–H and O–H groups in total. The standard InChI is InChI=1S/C24H28N4O3/c1-19-3-2-12-26-23(19)9-6-20-4-7-22(8-5-20)31-24(29)27-14-10-21(11-15-27)17-30-28-16-13-25-18-28/h2-5,7-8,12-13,16,18,21H,6,9-11,14-15,17H2,1H3. The molecule has 2 aromatic heterocycles. The lowest BCUT2D eigenvalue weighted by Crippen LogP contribution is -2.41. The minimum atomic E-state index is -0.286. The summed E-state index contributed by atoms with van der Waals surface area (Å²) < 4.78 is 7.19. The van der Waals surface area contributed by atoms with Gasteiger partial charge >= 0.3 is 6.09 Å². The van der Waals surface area contributed by atoms with Crippen LogP contribution in [0.15, 0.2) is 61.3 Å². The molecule has 4 rings (SSSR count). The molecule has 1 aliphatic rings. The van der Waals surface area contributed by atoms with Crippen molar-refractivity contribution in [1.82, 2.24) is 19.6 Å². The Morgan fingerprint density at radius 2 is 1.90 bits per heavy atom. The summed E-state index contributed by atoms with van der Waals surface area (Å²) in [6.07, 6.45) is 10.2. The Kier molecular flexibility index (Phi) is 6.82. The summed E-state index contributed by atoms with van der Waals surface area (Å²) in [5, 5.41) is 0. The van der Waals surface area contributed by atoms with E-state index < -0.39 is 0 Å². The largest absolute Gasteiger partial charge is 0.415 e. The molecule has 0 bridgehead atoms. The van der Waals surface area contributed by atoms with Crippen molar-refractivity contribution >= 4 is 6.09 Å². The first-order chi connectivity index (χ1) is 15.2. The number of amides is 1. The van der Waals surface area contributed by atoms with Crippen LogP contribution in [0, 0.1) is 12.8 Å². The van der Waals surface area contributed by atoms with Gasteiger partial charge in [0.2, 0.25) is 0 Å². The van der Waals surface area contributed by atoms with Gasteiger partial charge in [-0.2, -0.15) is 4.73 Å².